The average molecular weight is 499 g/mol. The number of hydrogen-bond acceptors (Lipinski definition) is 8. The fraction of sp³-hybridized carbons (Fsp3) is 0.217. The van der Waals surface area contributed by atoms with Crippen LogP contribution in [-0.4, -0.2) is 39.3 Å². The smallest absolute Gasteiger partial charge is 0.235 e. The fourth-order valence-electron chi connectivity index (χ4n) is 3.13. The Bertz CT molecular complexity index is 1260. The summed E-state index contributed by atoms with van der Waals surface area (Å²) in [5.74, 6) is 1.28. The predicted molar refractivity (Wildman–Crippen MR) is 134 cm³/mol. The summed E-state index contributed by atoms with van der Waals surface area (Å²) in [7, 11) is 3.46. The lowest BCUT2D eigenvalue weighted by Crippen LogP contribution is -2.15. The Kier molecular flexibility index (Phi) is 7.26. The van der Waals surface area contributed by atoms with Gasteiger partial charge in [0.05, 0.1) is 23.3 Å². The van der Waals surface area contributed by atoms with Crippen molar-refractivity contribution in [3.05, 3.63) is 63.8 Å². The molecule has 0 aliphatic heterocycles. The molecule has 1 N–H and O–H groups in total. The number of benzene rings is 1. The van der Waals surface area contributed by atoms with Gasteiger partial charge in [-0.15, -0.1) is 32.9 Å². The van der Waals surface area contributed by atoms with Gasteiger partial charge in [0.1, 0.15) is 10.8 Å². The van der Waals surface area contributed by atoms with Gasteiger partial charge in [0.25, 0.3) is 0 Å². The van der Waals surface area contributed by atoms with Gasteiger partial charge in [-0.3, -0.25) is 9.59 Å². The molecule has 0 aliphatic carbocycles. The van der Waals surface area contributed by atoms with Crippen LogP contribution in [0.25, 0.3) is 10.7 Å². The number of ketones is 1. The van der Waals surface area contributed by atoms with E-state index < -0.39 is 0 Å². The minimum absolute atomic E-state index is 0.134. The third-order valence-corrected chi connectivity index (χ3v) is 7.97. The topological polar surface area (TPSA) is 86.1 Å². The van der Waals surface area contributed by atoms with E-state index in [9.17, 15) is 9.59 Å². The Balaban J connectivity index is 1.46. The number of carbonyl (C=O) groups excluding carboxylic acids is 2. The van der Waals surface area contributed by atoms with E-state index in [-0.39, 0.29) is 17.4 Å². The van der Waals surface area contributed by atoms with Crippen LogP contribution < -0.4 is 10.1 Å². The predicted octanol–water partition coefficient (Wildman–Crippen LogP) is 5.14. The SMILES string of the molecule is CCc1cc(C(=O)c2ccc(OC)cc2)c(NC(=O)CSc2nnc(-c3cccs3)n2C)s1. The van der Waals surface area contributed by atoms with E-state index in [1.54, 1.807) is 42.7 Å². The van der Waals surface area contributed by atoms with Gasteiger partial charge in [-0.1, -0.05) is 24.8 Å². The number of aryl methyl sites for hydroxylation is 1. The standard InChI is InChI=1S/C23H22N4O3S3/c1-4-16-12-17(20(29)14-7-9-15(30-3)10-8-14)22(33-16)24-19(28)13-32-23-26-25-21(27(23)2)18-6-5-11-31-18/h5-12H,4,13H2,1-3H3,(H,24,28). The van der Waals surface area contributed by atoms with Crippen LogP contribution in [0, 0.1) is 0 Å². The van der Waals surface area contributed by atoms with Gasteiger partial charge in [0.15, 0.2) is 16.8 Å². The lowest BCUT2D eigenvalue weighted by atomic mass is 10.0. The van der Waals surface area contributed by atoms with Crippen molar-refractivity contribution in [2.45, 2.75) is 18.5 Å². The van der Waals surface area contributed by atoms with Gasteiger partial charge >= 0.3 is 0 Å². The number of aromatic nitrogens is 3. The molecule has 0 bridgehead atoms. The molecule has 4 rings (SSSR count). The minimum Gasteiger partial charge on any atom is -0.497 e. The second-order valence-electron chi connectivity index (χ2n) is 7.05. The molecule has 7 nitrogen and oxygen atoms in total. The quantitative estimate of drug-likeness (QED) is 0.254. The molecule has 1 aromatic carbocycles. The molecule has 170 valence electrons. The number of thioether (sulfide) groups is 1. The van der Waals surface area contributed by atoms with E-state index in [0.717, 1.165) is 22.0 Å². The van der Waals surface area contributed by atoms with Crippen LogP contribution in [0.1, 0.15) is 27.7 Å². The number of anilines is 1. The lowest BCUT2D eigenvalue weighted by Gasteiger charge is -2.07. The maximum Gasteiger partial charge on any atom is 0.235 e. The Morgan fingerprint density at radius 1 is 1.18 bits per heavy atom. The number of thiophene rings is 2. The average Bonchev–Trinajstić information content (AvgIpc) is 3.57. The molecule has 33 heavy (non-hydrogen) atoms. The van der Waals surface area contributed by atoms with Gasteiger partial charge in [-0.25, -0.2) is 0 Å². The Hall–Kier alpha value is -2.95. The molecule has 1 amide bonds. The summed E-state index contributed by atoms with van der Waals surface area (Å²) in [4.78, 5) is 27.9. The van der Waals surface area contributed by atoms with Gasteiger partial charge in [0.2, 0.25) is 5.91 Å². The number of carbonyl (C=O) groups is 2. The van der Waals surface area contributed by atoms with Crippen LogP contribution in [-0.2, 0) is 18.3 Å². The maximum absolute atomic E-state index is 13.1. The van der Waals surface area contributed by atoms with Crippen LogP contribution >= 0.6 is 34.4 Å². The summed E-state index contributed by atoms with van der Waals surface area (Å²) in [6.07, 6.45) is 0.780. The van der Waals surface area contributed by atoms with Crippen LogP contribution in [0.5, 0.6) is 5.75 Å². The summed E-state index contributed by atoms with van der Waals surface area (Å²) in [6.45, 7) is 2.02. The van der Waals surface area contributed by atoms with E-state index in [0.29, 0.717) is 27.0 Å². The zero-order valence-corrected chi connectivity index (χ0v) is 20.8. The van der Waals surface area contributed by atoms with Gasteiger partial charge in [-0.05, 0) is 48.2 Å². The summed E-state index contributed by atoms with van der Waals surface area (Å²) in [5.41, 5.74) is 1.04. The highest BCUT2D eigenvalue weighted by Gasteiger charge is 2.20. The molecule has 0 spiro atoms. The van der Waals surface area contributed by atoms with Crippen LogP contribution in [0.2, 0.25) is 0 Å². The maximum atomic E-state index is 13.1. The summed E-state index contributed by atoms with van der Waals surface area (Å²) < 4.78 is 7.05. The molecule has 4 aromatic rings. The number of ether oxygens (including phenoxy) is 1. The highest BCUT2D eigenvalue weighted by molar-refractivity contribution is 7.99. The molecular formula is C23H22N4O3S3. The van der Waals surface area contributed by atoms with Crippen molar-refractivity contribution in [1.29, 1.82) is 0 Å². The van der Waals surface area contributed by atoms with E-state index in [1.165, 1.54) is 23.1 Å². The van der Waals surface area contributed by atoms with Crippen LogP contribution in [0.4, 0.5) is 5.00 Å². The number of rotatable bonds is 9. The zero-order chi connectivity index (χ0) is 23.4. The van der Waals surface area contributed by atoms with Crippen molar-refractivity contribution < 1.29 is 14.3 Å². The third kappa shape index (κ3) is 5.18. The number of nitrogens with zero attached hydrogens (tertiary/aromatic N) is 3. The van der Waals surface area contributed by atoms with Gasteiger partial charge < -0.3 is 14.6 Å². The highest BCUT2D eigenvalue weighted by Crippen LogP contribution is 2.32. The molecule has 10 heteroatoms. The van der Waals surface area contributed by atoms with Crippen molar-refractivity contribution in [3.8, 4) is 16.5 Å². The molecule has 0 atom stereocenters. The van der Waals surface area contributed by atoms with Gasteiger partial charge in [0, 0.05) is 17.5 Å². The number of methoxy groups -OCH3 is 1. The Labute approximate surface area is 203 Å². The molecule has 3 aromatic heterocycles. The van der Waals surface area contributed by atoms with Crippen molar-refractivity contribution >= 4 is 51.1 Å². The normalized spacial score (nSPS) is 10.9. The van der Waals surface area contributed by atoms with E-state index in [1.807, 2.05) is 42.1 Å². The highest BCUT2D eigenvalue weighted by atomic mass is 32.2. The number of amides is 1. The zero-order valence-electron chi connectivity index (χ0n) is 18.3. The molecule has 0 fully saturated rings. The molecule has 0 saturated heterocycles. The van der Waals surface area contributed by atoms with E-state index in [4.69, 9.17) is 4.74 Å². The molecule has 0 unspecified atom stereocenters. The number of hydrogen-bond donors (Lipinski definition) is 1. The largest absolute Gasteiger partial charge is 0.497 e. The first-order valence-electron chi connectivity index (χ1n) is 10.2. The molecule has 3 heterocycles. The molecule has 0 aliphatic rings. The van der Waals surface area contributed by atoms with Crippen LogP contribution in [0.15, 0.2) is 53.0 Å². The number of nitrogens with one attached hydrogen (secondary N) is 1. The third-order valence-electron chi connectivity index (χ3n) is 4.89. The second kappa shape index (κ2) is 10.3. The van der Waals surface area contributed by atoms with Crippen molar-refractivity contribution in [2.75, 3.05) is 18.2 Å². The summed E-state index contributed by atoms with van der Waals surface area (Å²) in [5, 5.41) is 14.6. The molecule has 0 radical (unpaired) electrons. The minimum atomic E-state index is -0.200. The van der Waals surface area contributed by atoms with Gasteiger partial charge in [-0.2, -0.15) is 0 Å². The fourth-order valence-corrected chi connectivity index (χ4v) is 5.59. The first kappa shape index (κ1) is 23.2. The first-order valence-corrected chi connectivity index (χ1v) is 12.9. The van der Waals surface area contributed by atoms with Crippen molar-refractivity contribution in [1.82, 2.24) is 14.8 Å². The molecular weight excluding hydrogens is 476 g/mol. The summed E-state index contributed by atoms with van der Waals surface area (Å²) >= 11 is 4.32. The van der Waals surface area contributed by atoms with Crippen LogP contribution in [0.3, 0.4) is 0 Å². The summed E-state index contributed by atoms with van der Waals surface area (Å²) in [6, 6.07) is 12.8. The van der Waals surface area contributed by atoms with E-state index >= 15 is 0 Å². The van der Waals surface area contributed by atoms with Crippen molar-refractivity contribution in [3.63, 3.8) is 0 Å². The van der Waals surface area contributed by atoms with Crippen molar-refractivity contribution in [2.24, 2.45) is 7.05 Å². The molecule has 0 saturated carbocycles. The Morgan fingerprint density at radius 3 is 2.64 bits per heavy atom. The Morgan fingerprint density at radius 2 is 1.97 bits per heavy atom. The first-order chi connectivity index (χ1) is 16.0. The monoisotopic (exact) mass is 498 g/mol. The second-order valence-corrected chi connectivity index (χ2v) is 10.1. The lowest BCUT2D eigenvalue weighted by molar-refractivity contribution is -0.113. The van der Waals surface area contributed by atoms with E-state index in [2.05, 4.69) is 15.5 Å².